The van der Waals surface area contributed by atoms with E-state index in [2.05, 4.69) is 4.90 Å². The fourth-order valence-corrected chi connectivity index (χ4v) is 8.82. The van der Waals surface area contributed by atoms with Crippen molar-refractivity contribution in [3.63, 3.8) is 0 Å². The van der Waals surface area contributed by atoms with Gasteiger partial charge >= 0.3 is 0 Å². The number of sulfonamides is 1. The van der Waals surface area contributed by atoms with Crippen molar-refractivity contribution in [2.45, 2.75) is 68.6 Å². The van der Waals surface area contributed by atoms with Crippen molar-refractivity contribution in [1.29, 1.82) is 0 Å². The number of ether oxygens (including phenoxy) is 3. The molecule has 0 unspecified atom stereocenters. The van der Waals surface area contributed by atoms with Gasteiger partial charge in [-0.25, -0.2) is 8.42 Å². The van der Waals surface area contributed by atoms with E-state index in [1.54, 1.807) is 16.7 Å². The van der Waals surface area contributed by atoms with Crippen molar-refractivity contribution in [3.05, 3.63) is 72.1 Å². The zero-order chi connectivity index (χ0) is 35.3. The molecule has 50 heavy (non-hydrogen) atoms. The molecule has 0 spiro atoms. The van der Waals surface area contributed by atoms with Gasteiger partial charge in [-0.3, -0.25) is 14.2 Å². The van der Waals surface area contributed by atoms with Gasteiger partial charge in [0.05, 0.1) is 30.7 Å². The van der Waals surface area contributed by atoms with E-state index in [1.807, 2.05) is 41.4 Å². The number of methoxy groups -OCH3 is 1. The third-order valence-corrected chi connectivity index (χ3v) is 12.0. The van der Waals surface area contributed by atoms with Crippen LogP contribution in [0.5, 0.6) is 5.75 Å². The third kappa shape index (κ3) is 7.92. The normalized spacial score (nSPS) is 20.9. The van der Waals surface area contributed by atoms with Gasteiger partial charge in [-0.1, -0.05) is 24.6 Å². The molecule has 0 aliphatic carbocycles. The predicted molar refractivity (Wildman–Crippen MR) is 188 cm³/mol. The second kappa shape index (κ2) is 16.1. The number of carbonyl (C=O) groups excluding carboxylic acids is 2. The third-order valence-electron chi connectivity index (χ3n) is 10.1. The predicted octanol–water partition coefficient (Wildman–Crippen LogP) is 4.20. The monoisotopic (exact) mass is 708 g/mol. The molecule has 3 aromatic rings. The number of amides is 1. The van der Waals surface area contributed by atoms with E-state index in [0.717, 1.165) is 42.4 Å². The molecule has 1 aromatic heterocycles. The lowest BCUT2D eigenvalue weighted by molar-refractivity contribution is -0.153. The van der Waals surface area contributed by atoms with Crippen molar-refractivity contribution in [2.24, 2.45) is 0 Å². The second-order valence-electron chi connectivity index (χ2n) is 13.2. The number of aromatic nitrogens is 1. The van der Waals surface area contributed by atoms with Crippen LogP contribution >= 0.6 is 0 Å². The highest BCUT2D eigenvalue weighted by Gasteiger charge is 2.35. The summed E-state index contributed by atoms with van der Waals surface area (Å²) in [7, 11) is -2.43. The number of nitrogens with zero attached hydrogens (tertiary/aromatic N) is 4. The topological polar surface area (TPSA) is 131 Å². The number of aliphatic hydroxyl groups is 1. The number of likely N-dealkylation sites (tertiary alicyclic amines) is 2. The van der Waals surface area contributed by atoms with Crippen LogP contribution in [0.15, 0.2) is 71.5 Å². The van der Waals surface area contributed by atoms with E-state index in [1.165, 1.54) is 49.7 Å². The number of piperidine rings is 2. The minimum atomic E-state index is -3.94. The standard InChI is InChI=1S/C37H48N4O8S/c1-27(43)41-26-33(32-8-4-5-9-34(32)41)28-24-35(37(44)39-18-14-29(15-19-39)38-16-6-3-7-17-38)49-36(25-28)48-23-21-40(20-22-42)50(45,46)31-12-10-30(47-2)11-13-31/h4-5,8-13,24,26,28-29,36,42H,3,6-7,14-23,25H2,1-2H3/t28-,36+/m0/s1. The molecule has 2 saturated heterocycles. The zero-order valence-electron chi connectivity index (χ0n) is 28.9. The Kier molecular flexibility index (Phi) is 11.6. The molecule has 0 radical (unpaired) electrons. The minimum Gasteiger partial charge on any atom is -0.497 e. The molecular weight excluding hydrogens is 660 g/mol. The van der Waals surface area contributed by atoms with Gasteiger partial charge in [0, 0.05) is 63.1 Å². The van der Waals surface area contributed by atoms with Crippen molar-refractivity contribution in [1.82, 2.24) is 18.7 Å². The average molecular weight is 709 g/mol. The number of hydrogen-bond acceptors (Lipinski definition) is 9. The summed E-state index contributed by atoms with van der Waals surface area (Å²) in [5.41, 5.74) is 1.66. The van der Waals surface area contributed by atoms with Crippen LogP contribution in [0, 0.1) is 0 Å². The van der Waals surface area contributed by atoms with E-state index < -0.39 is 16.3 Å². The number of fused-ring (bicyclic) bond motifs is 1. The molecule has 1 amide bonds. The quantitative estimate of drug-likeness (QED) is 0.294. The van der Waals surface area contributed by atoms with Gasteiger partial charge in [0.2, 0.25) is 22.2 Å². The lowest BCUT2D eigenvalue weighted by Crippen LogP contribution is -2.49. The zero-order valence-corrected chi connectivity index (χ0v) is 29.7. The highest BCUT2D eigenvalue weighted by molar-refractivity contribution is 7.89. The van der Waals surface area contributed by atoms with E-state index in [9.17, 15) is 23.1 Å². The van der Waals surface area contributed by atoms with Gasteiger partial charge in [0.25, 0.3) is 5.91 Å². The van der Waals surface area contributed by atoms with Crippen LogP contribution < -0.4 is 4.74 Å². The van der Waals surface area contributed by atoms with Crippen LogP contribution in [0.2, 0.25) is 0 Å². The smallest absolute Gasteiger partial charge is 0.288 e. The SMILES string of the molecule is COc1ccc(S(=O)(=O)N(CCO)CCO[C@H]2C[C@@H](c3cn(C(C)=O)c4ccccc34)C=C(C(=O)N3CCC(N4CCCCC4)CC3)O2)cc1. The minimum absolute atomic E-state index is 0.0370. The number of rotatable bonds is 12. The Labute approximate surface area is 294 Å². The van der Waals surface area contributed by atoms with Crippen molar-refractivity contribution < 1.29 is 37.3 Å². The maximum atomic E-state index is 14.0. The first kappa shape index (κ1) is 36.1. The van der Waals surface area contributed by atoms with Gasteiger partial charge in [-0.05, 0) is 80.7 Å². The summed E-state index contributed by atoms with van der Waals surface area (Å²) in [4.78, 5) is 31.1. The lowest BCUT2D eigenvalue weighted by atomic mass is 9.92. The van der Waals surface area contributed by atoms with Crippen LogP contribution in [-0.4, -0.2) is 116 Å². The molecule has 270 valence electrons. The molecule has 6 rings (SSSR count). The molecule has 1 N–H and O–H groups in total. The summed E-state index contributed by atoms with van der Waals surface area (Å²) < 4.78 is 47.3. The molecule has 3 aliphatic heterocycles. The number of carbonyl (C=O) groups is 2. The van der Waals surface area contributed by atoms with Gasteiger partial charge in [-0.2, -0.15) is 4.31 Å². The maximum absolute atomic E-state index is 14.0. The molecule has 0 bridgehead atoms. The maximum Gasteiger partial charge on any atom is 0.288 e. The first-order valence-electron chi connectivity index (χ1n) is 17.6. The van der Waals surface area contributed by atoms with Gasteiger partial charge < -0.3 is 29.1 Å². The number of aliphatic hydroxyl groups excluding tert-OH is 1. The van der Waals surface area contributed by atoms with Gasteiger partial charge in [0.1, 0.15) is 5.75 Å². The lowest BCUT2D eigenvalue weighted by Gasteiger charge is -2.40. The molecule has 2 atom stereocenters. The molecule has 3 aliphatic rings. The van der Waals surface area contributed by atoms with Crippen LogP contribution in [0.4, 0.5) is 0 Å². The molecule has 4 heterocycles. The Balaban J connectivity index is 1.20. The largest absolute Gasteiger partial charge is 0.497 e. The van der Waals surface area contributed by atoms with Gasteiger partial charge in [0.15, 0.2) is 5.76 Å². The average Bonchev–Trinajstić information content (AvgIpc) is 3.55. The van der Waals surface area contributed by atoms with E-state index >= 15 is 0 Å². The van der Waals surface area contributed by atoms with Crippen LogP contribution in [0.25, 0.3) is 10.9 Å². The van der Waals surface area contributed by atoms with Crippen LogP contribution in [0.3, 0.4) is 0 Å². The van der Waals surface area contributed by atoms with Crippen molar-refractivity contribution in [2.75, 3.05) is 59.6 Å². The molecule has 12 nitrogen and oxygen atoms in total. The molecular formula is C37H48N4O8S. The first-order chi connectivity index (χ1) is 24.2. The van der Waals surface area contributed by atoms with Crippen molar-refractivity contribution >= 4 is 32.7 Å². The van der Waals surface area contributed by atoms with E-state index in [-0.39, 0.29) is 54.7 Å². The number of benzene rings is 2. The highest BCUT2D eigenvalue weighted by atomic mass is 32.2. The van der Waals surface area contributed by atoms with Crippen molar-refractivity contribution in [3.8, 4) is 5.75 Å². The summed E-state index contributed by atoms with van der Waals surface area (Å²) in [5.74, 6) is 0.105. The Hall–Kier alpha value is -3.75. The number of para-hydroxylation sites is 1. The van der Waals surface area contributed by atoms with Crippen LogP contribution in [0.1, 0.15) is 61.7 Å². The summed E-state index contributed by atoms with van der Waals surface area (Å²) >= 11 is 0. The first-order valence-corrected chi connectivity index (χ1v) is 19.0. The molecule has 2 fully saturated rings. The molecule has 2 aromatic carbocycles. The van der Waals surface area contributed by atoms with E-state index in [0.29, 0.717) is 31.3 Å². The van der Waals surface area contributed by atoms with Gasteiger partial charge in [-0.15, -0.1) is 0 Å². The Morgan fingerprint density at radius 3 is 2.38 bits per heavy atom. The summed E-state index contributed by atoms with van der Waals surface area (Å²) in [5, 5.41) is 10.6. The summed E-state index contributed by atoms with van der Waals surface area (Å²) in [6, 6.07) is 14.2. The number of allylic oxidation sites excluding steroid dienone is 1. The summed E-state index contributed by atoms with van der Waals surface area (Å²) in [6.07, 6.45) is 8.74. The Morgan fingerprint density at radius 2 is 1.70 bits per heavy atom. The Bertz CT molecular complexity index is 1780. The number of hydrogen-bond donors (Lipinski definition) is 1. The fourth-order valence-electron chi connectivity index (χ4n) is 7.41. The summed E-state index contributed by atoms with van der Waals surface area (Å²) in [6.45, 7) is 4.48. The molecule has 0 saturated carbocycles. The van der Waals surface area contributed by atoms with E-state index in [4.69, 9.17) is 14.2 Å². The van der Waals surface area contributed by atoms with Crippen LogP contribution in [-0.2, 0) is 24.3 Å². The Morgan fingerprint density at radius 1 is 0.980 bits per heavy atom. The second-order valence-corrected chi connectivity index (χ2v) is 15.1. The highest BCUT2D eigenvalue weighted by Crippen LogP contribution is 2.37. The fraction of sp³-hybridized carbons (Fsp3) is 0.514. The molecule has 13 heteroatoms.